The van der Waals surface area contributed by atoms with Crippen molar-refractivity contribution in [2.24, 2.45) is 0 Å². The Hall–Kier alpha value is -0.950. The highest BCUT2D eigenvalue weighted by Gasteiger charge is 2.53. The van der Waals surface area contributed by atoms with Gasteiger partial charge < -0.3 is 36.8 Å². The normalized spacial score (nSPS) is 30.9. The molecule has 2 saturated heterocycles. The monoisotopic (exact) mass is 429 g/mol. The van der Waals surface area contributed by atoms with Gasteiger partial charge in [-0.1, -0.05) is 30.3 Å². The molecule has 148 valence electrons. The van der Waals surface area contributed by atoms with E-state index >= 15 is 0 Å². The molecule has 1 aromatic carbocycles. The molecule has 26 heavy (non-hydrogen) atoms. The van der Waals surface area contributed by atoms with E-state index in [1.54, 1.807) is 0 Å². The average molecular weight is 430 g/mol. The lowest BCUT2D eigenvalue weighted by Gasteiger charge is -2.49. The topological polar surface area (TPSA) is 78.0 Å². The minimum Gasteiger partial charge on any atom is -1.00 e. The van der Waals surface area contributed by atoms with Crippen LogP contribution in [0.1, 0.15) is 51.0 Å². The number of carbonyl (C=O) groups is 1. The molecular formula is C20H32BrNO4. The Morgan fingerprint density at radius 2 is 1.73 bits per heavy atom. The summed E-state index contributed by atoms with van der Waals surface area (Å²) in [7, 11) is 2.37. The van der Waals surface area contributed by atoms with Crippen LogP contribution < -0.4 is 17.0 Å². The van der Waals surface area contributed by atoms with Crippen molar-refractivity contribution in [3.63, 3.8) is 0 Å². The van der Waals surface area contributed by atoms with Crippen LogP contribution in [0.25, 0.3) is 0 Å². The number of aliphatic hydroxyl groups is 1. The molecule has 2 fully saturated rings. The van der Waals surface area contributed by atoms with Gasteiger partial charge in [0, 0.05) is 25.7 Å². The molecular weight excluding hydrogens is 398 g/mol. The molecule has 2 heterocycles. The maximum absolute atomic E-state index is 12.6. The highest BCUT2D eigenvalue weighted by atomic mass is 79.9. The standard InChI is InChI=1S/C20H30NO3.BrH.H2O/c1-14(2)21(3)16-9-10-17(21)12-18(11-16)24-20(23)19(13-22)15-7-5-4-6-8-15;;/h4-8,14,16-19,22H,9-13H2,1-3H3;1H;1H2/q+1;;/p-1/t16-,17+,18+,19?,21?;;. The van der Waals surface area contributed by atoms with Crippen LogP contribution >= 0.6 is 0 Å². The van der Waals surface area contributed by atoms with Crippen LogP contribution in [0, 0.1) is 0 Å². The van der Waals surface area contributed by atoms with Crippen molar-refractivity contribution in [2.75, 3.05) is 13.7 Å². The van der Waals surface area contributed by atoms with Crippen molar-refractivity contribution in [1.29, 1.82) is 0 Å². The number of hydrogen-bond donors (Lipinski definition) is 1. The number of aliphatic hydroxyl groups excluding tert-OH is 1. The van der Waals surface area contributed by atoms with Crippen molar-refractivity contribution in [2.45, 2.75) is 69.7 Å². The first-order chi connectivity index (χ1) is 11.5. The molecule has 2 aliphatic heterocycles. The Morgan fingerprint density at radius 1 is 1.19 bits per heavy atom. The fourth-order valence-corrected chi connectivity index (χ4v) is 4.82. The molecule has 2 aliphatic rings. The fraction of sp³-hybridized carbons (Fsp3) is 0.650. The van der Waals surface area contributed by atoms with E-state index in [9.17, 15) is 9.90 Å². The van der Waals surface area contributed by atoms with Gasteiger partial charge in [0.1, 0.15) is 12.0 Å². The first-order valence-electron chi connectivity index (χ1n) is 9.18. The average Bonchev–Trinajstić information content (AvgIpc) is 2.74. The van der Waals surface area contributed by atoms with Crippen LogP contribution in [-0.2, 0) is 9.53 Å². The summed E-state index contributed by atoms with van der Waals surface area (Å²) in [6.07, 6.45) is 4.36. The second-order valence-electron chi connectivity index (χ2n) is 7.88. The summed E-state index contributed by atoms with van der Waals surface area (Å²) in [6, 6.07) is 11.2. The lowest BCUT2D eigenvalue weighted by atomic mass is 9.94. The molecule has 0 saturated carbocycles. The SMILES string of the molecule is CC(C)[N+]1(C)[C@@H]2CC[C@H]1C[C@@H](OC(=O)C(CO)c1ccccc1)C2.O.[Br-]. The summed E-state index contributed by atoms with van der Waals surface area (Å²) in [5.41, 5.74) is 0.826. The van der Waals surface area contributed by atoms with E-state index < -0.39 is 5.92 Å². The number of nitrogens with zero attached hydrogens (tertiary/aromatic N) is 1. The molecule has 6 heteroatoms. The number of hydrogen-bond acceptors (Lipinski definition) is 3. The predicted octanol–water partition coefficient (Wildman–Crippen LogP) is -0.967. The van der Waals surface area contributed by atoms with Gasteiger partial charge in [-0.05, 0) is 19.4 Å². The third-order valence-electron chi connectivity index (χ3n) is 6.54. The minimum absolute atomic E-state index is 0. The van der Waals surface area contributed by atoms with Gasteiger partial charge in [0.15, 0.2) is 0 Å². The van der Waals surface area contributed by atoms with Crippen LogP contribution in [0.4, 0.5) is 0 Å². The molecule has 0 amide bonds. The van der Waals surface area contributed by atoms with Crippen LogP contribution in [0.15, 0.2) is 30.3 Å². The number of quaternary nitrogens is 1. The number of piperidine rings is 1. The van der Waals surface area contributed by atoms with E-state index in [1.165, 1.54) is 12.8 Å². The summed E-state index contributed by atoms with van der Waals surface area (Å²) in [6.45, 7) is 4.39. The van der Waals surface area contributed by atoms with Crippen LogP contribution in [0.3, 0.4) is 0 Å². The third-order valence-corrected chi connectivity index (χ3v) is 6.54. The van der Waals surface area contributed by atoms with Gasteiger partial charge in [-0.3, -0.25) is 4.79 Å². The number of esters is 1. The number of carbonyl (C=O) groups excluding carboxylic acids is 1. The van der Waals surface area contributed by atoms with Crippen molar-refractivity contribution < 1.29 is 41.6 Å². The smallest absolute Gasteiger partial charge is 0.316 e. The lowest BCUT2D eigenvalue weighted by molar-refractivity contribution is -0.968. The van der Waals surface area contributed by atoms with Gasteiger partial charge in [0.05, 0.1) is 31.8 Å². The summed E-state index contributed by atoms with van der Waals surface area (Å²) < 4.78 is 6.96. The highest BCUT2D eigenvalue weighted by molar-refractivity contribution is 5.78. The van der Waals surface area contributed by atoms with Crippen LogP contribution in [0.2, 0.25) is 0 Å². The van der Waals surface area contributed by atoms with Gasteiger partial charge >= 0.3 is 5.97 Å². The minimum atomic E-state index is -0.572. The van der Waals surface area contributed by atoms with E-state index in [0.29, 0.717) is 18.1 Å². The molecule has 0 spiro atoms. The molecule has 5 nitrogen and oxygen atoms in total. The van der Waals surface area contributed by atoms with Crippen LogP contribution in [-0.4, -0.2) is 58.9 Å². The zero-order valence-electron chi connectivity index (χ0n) is 15.9. The summed E-state index contributed by atoms with van der Waals surface area (Å²) in [4.78, 5) is 12.6. The third kappa shape index (κ3) is 4.14. The summed E-state index contributed by atoms with van der Waals surface area (Å²) in [5.74, 6) is -0.856. The van der Waals surface area contributed by atoms with E-state index in [-0.39, 0.29) is 41.1 Å². The Balaban J connectivity index is 0.00000169. The second kappa shape index (κ2) is 9.31. The number of benzene rings is 1. The van der Waals surface area contributed by atoms with Gasteiger partial charge in [-0.2, -0.15) is 0 Å². The van der Waals surface area contributed by atoms with Gasteiger partial charge in [0.2, 0.25) is 0 Å². The molecule has 3 N–H and O–H groups in total. The highest BCUT2D eigenvalue weighted by Crippen LogP contribution is 2.44. The number of halogens is 1. The van der Waals surface area contributed by atoms with Gasteiger partial charge in [-0.25, -0.2) is 0 Å². The number of rotatable bonds is 5. The molecule has 1 aromatic rings. The second-order valence-corrected chi connectivity index (χ2v) is 7.88. The van der Waals surface area contributed by atoms with E-state index in [0.717, 1.165) is 22.9 Å². The zero-order valence-corrected chi connectivity index (χ0v) is 17.5. The van der Waals surface area contributed by atoms with Gasteiger partial charge in [0.25, 0.3) is 0 Å². The number of fused-ring (bicyclic) bond motifs is 2. The first-order valence-corrected chi connectivity index (χ1v) is 9.18. The van der Waals surface area contributed by atoms with E-state index in [2.05, 4.69) is 20.9 Å². The van der Waals surface area contributed by atoms with Gasteiger partial charge in [-0.15, -0.1) is 0 Å². The predicted molar refractivity (Wildman–Crippen MR) is 97.1 cm³/mol. The van der Waals surface area contributed by atoms with Crippen molar-refractivity contribution in [3.05, 3.63) is 35.9 Å². The molecule has 0 aromatic heterocycles. The molecule has 2 bridgehead atoms. The van der Waals surface area contributed by atoms with Crippen molar-refractivity contribution in [3.8, 4) is 0 Å². The fourth-order valence-electron chi connectivity index (χ4n) is 4.82. The Labute approximate surface area is 167 Å². The molecule has 5 atom stereocenters. The van der Waals surface area contributed by atoms with E-state index in [4.69, 9.17) is 4.74 Å². The maximum Gasteiger partial charge on any atom is 0.316 e. The molecule has 0 radical (unpaired) electrons. The summed E-state index contributed by atoms with van der Waals surface area (Å²) >= 11 is 0. The number of ether oxygens (including phenoxy) is 1. The van der Waals surface area contributed by atoms with Crippen LogP contribution in [0.5, 0.6) is 0 Å². The summed E-state index contributed by atoms with van der Waals surface area (Å²) in [5, 5.41) is 9.65. The van der Waals surface area contributed by atoms with Crippen molar-refractivity contribution >= 4 is 5.97 Å². The molecule has 2 unspecified atom stereocenters. The molecule has 3 rings (SSSR count). The van der Waals surface area contributed by atoms with E-state index in [1.807, 2.05) is 30.3 Å². The Bertz CT molecular complexity index is 566. The quantitative estimate of drug-likeness (QED) is 0.483. The molecule has 0 aliphatic carbocycles. The zero-order chi connectivity index (χ0) is 17.3. The largest absolute Gasteiger partial charge is 1.00 e. The Morgan fingerprint density at radius 3 is 2.19 bits per heavy atom. The maximum atomic E-state index is 12.6. The lowest BCUT2D eigenvalue weighted by Crippen LogP contribution is -3.00. The van der Waals surface area contributed by atoms with Crippen molar-refractivity contribution in [1.82, 2.24) is 0 Å². The Kier molecular flexibility index (Phi) is 8.27. The first kappa shape index (κ1) is 23.1.